The number of amides is 1. The maximum Gasteiger partial charge on any atom is 0.251 e. The number of nitrogens with zero attached hydrogens (tertiary/aromatic N) is 1. The molecule has 0 aliphatic carbocycles. The Morgan fingerprint density at radius 3 is 2.75 bits per heavy atom. The Kier molecular flexibility index (Phi) is 7.73. The molecule has 1 saturated heterocycles. The van der Waals surface area contributed by atoms with E-state index in [2.05, 4.69) is 10.2 Å². The van der Waals surface area contributed by atoms with Crippen molar-refractivity contribution in [3.8, 4) is 0 Å². The zero-order chi connectivity index (χ0) is 19.9. The largest absolute Gasteiger partial charge is 0.379 e. The average molecular weight is 423 g/mol. The predicted molar refractivity (Wildman–Crippen MR) is 113 cm³/mol. The summed E-state index contributed by atoms with van der Waals surface area (Å²) in [6.45, 7) is 3.29. The van der Waals surface area contributed by atoms with Crippen LogP contribution in [0.1, 0.15) is 27.5 Å². The van der Waals surface area contributed by atoms with Gasteiger partial charge >= 0.3 is 0 Å². The lowest BCUT2D eigenvalue weighted by Gasteiger charge is -2.35. The Balaban J connectivity index is 1.75. The van der Waals surface area contributed by atoms with Gasteiger partial charge in [-0.2, -0.15) is 11.8 Å². The number of nitrogens with one attached hydrogen (secondary N) is 1. The lowest BCUT2D eigenvalue weighted by Crippen LogP contribution is -2.44. The topological polar surface area (TPSA) is 41.6 Å². The van der Waals surface area contributed by atoms with Crippen molar-refractivity contribution in [2.75, 3.05) is 39.1 Å². The van der Waals surface area contributed by atoms with E-state index in [0.29, 0.717) is 41.7 Å². The molecule has 7 heteroatoms. The summed E-state index contributed by atoms with van der Waals surface area (Å²) >= 11 is 7.95. The van der Waals surface area contributed by atoms with Crippen LogP contribution in [-0.2, 0) is 10.5 Å². The molecule has 4 nitrogen and oxygen atoms in total. The third-order valence-corrected chi connectivity index (χ3v) is 5.76. The van der Waals surface area contributed by atoms with Gasteiger partial charge in [0, 0.05) is 36.0 Å². The van der Waals surface area contributed by atoms with Crippen LogP contribution in [0.25, 0.3) is 0 Å². The van der Waals surface area contributed by atoms with Crippen LogP contribution in [0.4, 0.5) is 4.39 Å². The Bertz CT molecular complexity index is 815. The number of ether oxygens (including phenoxy) is 1. The summed E-state index contributed by atoms with van der Waals surface area (Å²) in [5.41, 5.74) is 1.98. The van der Waals surface area contributed by atoms with Crippen molar-refractivity contribution in [2.24, 2.45) is 0 Å². The van der Waals surface area contributed by atoms with E-state index in [0.717, 1.165) is 18.7 Å². The molecule has 1 aliphatic rings. The van der Waals surface area contributed by atoms with E-state index in [1.807, 2.05) is 30.5 Å². The highest BCUT2D eigenvalue weighted by molar-refractivity contribution is 7.97. The Morgan fingerprint density at radius 2 is 2.04 bits per heavy atom. The van der Waals surface area contributed by atoms with Gasteiger partial charge in [-0.25, -0.2) is 4.39 Å². The number of carbonyl (C=O) groups excluding carboxylic acids is 1. The number of morpholine rings is 1. The summed E-state index contributed by atoms with van der Waals surface area (Å²) in [5.74, 6) is 0.0315. The highest BCUT2D eigenvalue weighted by Gasteiger charge is 2.25. The van der Waals surface area contributed by atoms with Crippen LogP contribution >= 0.6 is 23.4 Å². The molecular weight excluding hydrogens is 399 g/mol. The maximum absolute atomic E-state index is 13.9. The molecule has 28 heavy (non-hydrogen) atoms. The lowest BCUT2D eigenvalue weighted by atomic mass is 10.0. The standard InChI is InChI=1S/C21H24ClFN2O2S/c1-28-14-16-12-15(6-7-19(16)23)21(26)24-13-20(25-8-10-27-11-9-25)17-4-2-3-5-18(17)22/h2-7,12,20H,8-11,13-14H2,1H3,(H,24,26). The quantitative estimate of drug-likeness (QED) is 0.728. The molecule has 0 bridgehead atoms. The smallest absolute Gasteiger partial charge is 0.251 e. The van der Waals surface area contributed by atoms with Crippen LogP contribution in [0, 0.1) is 5.82 Å². The fraction of sp³-hybridized carbons (Fsp3) is 0.381. The van der Waals surface area contributed by atoms with Gasteiger partial charge in [-0.1, -0.05) is 29.8 Å². The number of carbonyl (C=O) groups is 1. The van der Waals surface area contributed by atoms with Gasteiger partial charge < -0.3 is 10.1 Å². The van der Waals surface area contributed by atoms with Gasteiger partial charge in [-0.05, 0) is 41.6 Å². The Morgan fingerprint density at radius 1 is 1.29 bits per heavy atom. The van der Waals surface area contributed by atoms with Crippen molar-refractivity contribution in [3.05, 3.63) is 70.0 Å². The second kappa shape index (κ2) is 10.3. The summed E-state index contributed by atoms with van der Waals surface area (Å²) in [5, 5.41) is 3.68. The van der Waals surface area contributed by atoms with Crippen LogP contribution in [0.15, 0.2) is 42.5 Å². The van der Waals surface area contributed by atoms with Crippen LogP contribution in [0.2, 0.25) is 5.02 Å². The van der Waals surface area contributed by atoms with Gasteiger partial charge in [0.1, 0.15) is 5.82 Å². The molecule has 1 aliphatic heterocycles. The van der Waals surface area contributed by atoms with E-state index < -0.39 is 0 Å². The second-order valence-corrected chi connectivity index (χ2v) is 7.91. The Labute approximate surface area is 174 Å². The monoisotopic (exact) mass is 422 g/mol. The first-order valence-electron chi connectivity index (χ1n) is 9.22. The van der Waals surface area contributed by atoms with E-state index in [1.165, 1.54) is 23.9 Å². The van der Waals surface area contributed by atoms with E-state index in [-0.39, 0.29) is 17.8 Å². The Hall–Kier alpha value is -1.60. The van der Waals surface area contributed by atoms with Gasteiger partial charge in [-0.15, -0.1) is 0 Å². The number of benzene rings is 2. The van der Waals surface area contributed by atoms with Gasteiger partial charge in [0.15, 0.2) is 0 Å². The molecule has 0 spiro atoms. The third-order valence-electron chi connectivity index (χ3n) is 4.81. The molecule has 1 atom stereocenters. The van der Waals surface area contributed by atoms with Crippen LogP contribution in [-0.4, -0.2) is 49.9 Å². The number of thioether (sulfide) groups is 1. The van der Waals surface area contributed by atoms with Crippen LogP contribution in [0.3, 0.4) is 0 Å². The zero-order valence-corrected chi connectivity index (χ0v) is 17.4. The highest BCUT2D eigenvalue weighted by Crippen LogP contribution is 2.28. The molecule has 1 unspecified atom stereocenters. The molecule has 0 saturated carbocycles. The van der Waals surface area contributed by atoms with Crippen LogP contribution in [0.5, 0.6) is 0 Å². The van der Waals surface area contributed by atoms with Crippen molar-refractivity contribution in [2.45, 2.75) is 11.8 Å². The summed E-state index contributed by atoms with van der Waals surface area (Å²) in [4.78, 5) is 15.0. The molecule has 1 amide bonds. The third kappa shape index (κ3) is 5.26. The summed E-state index contributed by atoms with van der Waals surface area (Å²) in [6, 6.07) is 12.1. The number of halogens is 2. The van der Waals surface area contributed by atoms with Crippen molar-refractivity contribution in [1.82, 2.24) is 10.2 Å². The van der Waals surface area contributed by atoms with Crippen LogP contribution < -0.4 is 5.32 Å². The van der Waals surface area contributed by atoms with Crippen molar-refractivity contribution in [3.63, 3.8) is 0 Å². The summed E-state index contributed by atoms with van der Waals surface area (Å²) in [7, 11) is 0. The SMILES string of the molecule is CSCc1cc(C(=O)NCC(c2ccccc2Cl)N2CCOCC2)ccc1F. The van der Waals surface area contributed by atoms with Crippen molar-refractivity contribution >= 4 is 29.3 Å². The molecule has 2 aromatic carbocycles. The fourth-order valence-electron chi connectivity index (χ4n) is 3.34. The normalized spacial score (nSPS) is 16.0. The first-order valence-corrected chi connectivity index (χ1v) is 11.0. The highest BCUT2D eigenvalue weighted by atomic mass is 35.5. The molecule has 3 rings (SSSR count). The minimum Gasteiger partial charge on any atom is -0.379 e. The fourth-order valence-corrected chi connectivity index (χ4v) is 4.14. The van der Waals surface area contributed by atoms with Crippen molar-refractivity contribution in [1.29, 1.82) is 0 Å². The summed E-state index contributed by atoms with van der Waals surface area (Å²) in [6.07, 6.45) is 1.91. The average Bonchev–Trinajstić information content (AvgIpc) is 2.72. The van der Waals surface area contributed by atoms with Crippen molar-refractivity contribution < 1.29 is 13.9 Å². The molecule has 1 heterocycles. The number of hydrogen-bond donors (Lipinski definition) is 1. The zero-order valence-electron chi connectivity index (χ0n) is 15.8. The number of rotatable bonds is 7. The second-order valence-electron chi connectivity index (χ2n) is 6.63. The molecule has 1 fully saturated rings. The number of hydrogen-bond acceptors (Lipinski definition) is 4. The minimum absolute atomic E-state index is 0.0485. The maximum atomic E-state index is 13.9. The van der Waals surface area contributed by atoms with Gasteiger partial charge in [0.2, 0.25) is 0 Å². The lowest BCUT2D eigenvalue weighted by molar-refractivity contribution is 0.0162. The van der Waals surface area contributed by atoms with E-state index in [4.69, 9.17) is 16.3 Å². The van der Waals surface area contributed by atoms with E-state index >= 15 is 0 Å². The van der Waals surface area contributed by atoms with E-state index in [9.17, 15) is 9.18 Å². The molecular formula is C21H24ClFN2O2S. The molecule has 2 aromatic rings. The van der Waals surface area contributed by atoms with Gasteiger partial charge in [-0.3, -0.25) is 9.69 Å². The molecule has 150 valence electrons. The predicted octanol–water partition coefficient (Wildman–Crippen LogP) is 4.15. The molecule has 1 N–H and O–H groups in total. The first kappa shape index (κ1) is 21.1. The molecule has 0 aromatic heterocycles. The van der Waals surface area contributed by atoms with E-state index in [1.54, 1.807) is 6.07 Å². The van der Waals surface area contributed by atoms with Gasteiger partial charge in [0.05, 0.1) is 19.3 Å². The molecule has 0 radical (unpaired) electrons. The van der Waals surface area contributed by atoms with Gasteiger partial charge in [0.25, 0.3) is 5.91 Å². The first-order chi connectivity index (χ1) is 13.6. The summed E-state index contributed by atoms with van der Waals surface area (Å²) < 4.78 is 19.3. The minimum atomic E-state index is -0.284.